The standard InChI is InChI=1S/C47H33N/c1-47(2)41-23-13-11-20-34(41)35-26-25-31(27-42(35)47)46-37-22-10-9-19-33(37)38-29-44-39(28-40(38)45(46)30-15-5-3-6-16-30)36-21-12-14-24-43(36)48(44)32-17-7-4-8-18-32/h3-29H,1-2H3. The molecule has 1 heterocycles. The number of aromatic nitrogens is 1. The second-order valence-electron chi connectivity index (χ2n) is 13.7. The first-order chi connectivity index (χ1) is 23.6. The van der Waals surface area contributed by atoms with Gasteiger partial charge >= 0.3 is 0 Å². The molecule has 9 aromatic rings. The third kappa shape index (κ3) is 3.73. The molecule has 0 N–H and O–H groups in total. The average molecular weight is 612 g/mol. The second-order valence-corrected chi connectivity index (χ2v) is 13.7. The van der Waals surface area contributed by atoms with Crippen molar-refractivity contribution in [2.24, 2.45) is 0 Å². The summed E-state index contributed by atoms with van der Waals surface area (Å²) in [7, 11) is 0. The van der Waals surface area contributed by atoms with Crippen LogP contribution in [-0.4, -0.2) is 4.57 Å². The molecule has 0 saturated carbocycles. The molecule has 8 aromatic carbocycles. The first-order valence-corrected chi connectivity index (χ1v) is 16.9. The van der Waals surface area contributed by atoms with Crippen LogP contribution in [-0.2, 0) is 5.41 Å². The van der Waals surface area contributed by atoms with Gasteiger partial charge in [-0.3, -0.25) is 0 Å². The van der Waals surface area contributed by atoms with Crippen molar-refractivity contribution in [2.75, 3.05) is 0 Å². The smallest absolute Gasteiger partial charge is 0.0547 e. The minimum atomic E-state index is -0.0765. The summed E-state index contributed by atoms with van der Waals surface area (Å²) in [4.78, 5) is 0. The van der Waals surface area contributed by atoms with Crippen LogP contribution in [0.15, 0.2) is 164 Å². The van der Waals surface area contributed by atoms with E-state index < -0.39 is 0 Å². The van der Waals surface area contributed by atoms with Crippen molar-refractivity contribution in [3.8, 4) is 39.1 Å². The van der Waals surface area contributed by atoms with Crippen molar-refractivity contribution in [2.45, 2.75) is 19.3 Å². The molecule has 1 aliphatic carbocycles. The molecule has 10 rings (SSSR count). The predicted molar refractivity (Wildman–Crippen MR) is 204 cm³/mol. The van der Waals surface area contributed by atoms with Crippen LogP contribution >= 0.6 is 0 Å². The first-order valence-electron chi connectivity index (χ1n) is 16.9. The number of benzene rings is 8. The topological polar surface area (TPSA) is 4.93 Å². The van der Waals surface area contributed by atoms with Gasteiger partial charge in [0.1, 0.15) is 0 Å². The Hall–Kier alpha value is -5.92. The molecule has 0 atom stereocenters. The molecule has 0 spiro atoms. The average Bonchev–Trinajstić information content (AvgIpc) is 3.58. The van der Waals surface area contributed by atoms with Crippen molar-refractivity contribution >= 4 is 43.4 Å². The number of fused-ring (bicyclic) bond motifs is 9. The molecular weight excluding hydrogens is 579 g/mol. The lowest BCUT2D eigenvalue weighted by Crippen LogP contribution is -2.14. The van der Waals surface area contributed by atoms with E-state index in [0.29, 0.717) is 0 Å². The van der Waals surface area contributed by atoms with Gasteiger partial charge < -0.3 is 4.57 Å². The highest BCUT2D eigenvalue weighted by molar-refractivity contribution is 6.26. The van der Waals surface area contributed by atoms with Gasteiger partial charge in [0.05, 0.1) is 11.0 Å². The molecule has 1 aliphatic rings. The molecule has 0 fully saturated rings. The van der Waals surface area contributed by atoms with E-state index >= 15 is 0 Å². The zero-order valence-corrected chi connectivity index (χ0v) is 27.0. The molecule has 1 aromatic heterocycles. The van der Waals surface area contributed by atoms with Crippen LogP contribution in [0.1, 0.15) is 25.0 Å². The highest BCUT2D eigenvalue weighted by Gasteiger charge is 2.35. The largest absolute Gasteiger partial charge is 0.309 e. The molecule has 0 aliphatic heterocycles. The van der Waals surface area contributed by atoms with Gasteiger partial charge in [-0.1, -0.05) is 141 Å². The minimum absolute atomic E-state index is 0.0765. The molecular formula is C47H33N. The molecule has 0 saturated heterocycles. The molecule has 48 heavy (non-hydrogen) atoms. The lowest BCUT2D eigenvalue weighted by molar-refractivity contribution is 0.660. The molecule has 1 nitrogen and oxygen atoms in total. The van der Waals surface area contributed by atoms with E-state index in [1.54, 1.807) is 0 Å². The van der Waals surface area contributed by atoms with E-state index in [9.17, 15) is 0 Å². The van der Waals surface area contributed by atoms with Gasteiger partial charge in [-0.25, -0.2) is 0 Å². The fourth-order valence-corrected chi connectivity index (χ4v) is 8.57. The Labute approximate surface area is 280 Å². The normalized spacial score (nSPS) is 13.4. The molecule has 0 amide bonds. The quantitative estimate of drug-likeness (QED) is 0.175. The van der Waals surface area contributed by atoms with Gasteiger partial charge in [0.2, 0.25) is 0 Å². The summed E-state index contributed by atoms with van der Waals surface area (Å²) in [6.07, 6.45) is 0. The van der Waals surface area contributed by atoms with E-state index in [4.69, 9.17) is 0 Å². The van der Waals surface area contributed by atoms with Crippen LogP contribution in [0.3, 0.4) is 0 Å². The second kappa shape index (κ2) is 10.0. The van der Waals surface area contributed by atoms with Gasteiger partial charge in [-0.05, 0) is 102 Å². The molecule has 1 heteroatoms. The van der Waals surface area contributed by atoms with Crippen LogP contribution in [0.2, 0.25) is 0 Å². The predicted octanol–water partition coefficient (Wildman–Crippen LogP) is 12.7. The van der Waals surface area contributed by atoms with E-state index in [-0.39, 0.29) is 5.41 Å². The summed E-state index contributed by atoms with van der Waals surface area (Å²) < 4.78 is 2.43. The SMILES string of the molecule is CC1(C)c2ccccc2-c2ccc(-c3c(-c4ccccc4)c4cc5c6ccccc6n(-c6ccccc6)c5cc4c4ccccc34)cc21. The molecule has 226 valence electrons. The van der Waals surface area contributed by atoms with Gasteiger partial charge in [0.25, 0.3) is 0 Å². The lowest BCUT2D eigenvalue weighted by atomic mass is 9.80. The van der Waals surface area contributed by atoms with Gasteiger partial charge in [-0.2, -0.15) is 0 Å². The van der Waals surface area contributed by atoms with Gasteiger partial charge in [0.15, 0.2) is 0 Å². The third-order valence-corrected chi connectivity index (χ3v) is 10.8. The molecule has 0 unspecified atom stereocenters. The van der Waals surface area contributed by atoms with Crippen molar-refractivity contribution in [3.05, 3.63) is 175 Å². The summed E-state index contributed by atoms with van der Waals surface area (Å²) in [5.41, 5.74) is 14.1. The zero-order chi connectivity index (χ0) is 32.0. The van der Waals surface area contributed by atoms with E-state index in [2.05, 4.69) is 182 Å². The Balaban J connectivity index is 1.37. The van der Waals surface area contributed by atoms with Crippen LogP contribution in [0.25, 0.3) is 82.4 Å². The third-order valence-electron chi connectivity index (χ3n) is 10.8. The number of hydrogen-bond acceptors (Lipinski definition) is 0. The summed E-state index contributed by atoms with van der Waals surface area (Å²) in [6.45, 7) is 4.74. The van der Waals surface area contributed by atoms with Crippen molar-refractivity contribution in [1.29, 1.82) is 0 Å². The molecule has 0 bridgehead atoms. The maximum atomic E-state index is 2.48. The van der Waals surface area contributed by atoms with E-state index in [0.717, 1.165) is 0 Å². The number of nitrogens with zero attached hydrogens (tertiary/aromatic N) is 1. The number of hydrogen-bond donors (Lipinski definition) is 0. The fourth-order valence-electron chi connectivity index (χ4n) is 8.57. The zero-order valence-electron chi connectivity index (χ0n) is 27.0. The molecule has 0 radical (unpaired) electrons. The van der Waals surface area contributed by atoms with Gasteiger partial charge in [-0.15, -0.1) is 0 Å². The first kappa shape index (κ1) is 27.2. The summed E-state index contributed by atoms with van der Waals surface area (Å²) in [5, 5.41) is 7.64. The number of rotatable bonds is 3. The van der Waals surface area contributed by atoms with Crippen LogP contribution in [0, 0.1) is 0 Å². The Morgan fingerprint density at radius 2 is 1.00 bits per heavy atom. The van der Waals surface area contributed by atoms with Crippen LogP contribution in [0.5, 0.6) is 0 Å². The summed E-state index contributed by atoms with van der Waals surface area (Å²) >= 11 is 0. The number of para-hydroxylation sites is 2. The van der Waals surface area contributed by atoms with Crippen LogP contribution < -0.4 is 0 Å². The van der Waals surface area contributed by atoms with E-state index in [1.807, 2.05) is 0 Å². The van der Waals surface area contributed by atoms with Crippen LogP contribution in [0.4, 0.5) is 0 Å². The highest BCUT2D eigenvalue weighted by atomic mass is 15.0. The maximum absolute atomic E-state index is 2.48. The van der Waals surface area contributed by atoms with Crippen molar-refractivity contribution < 1.29 is 0 Å². The Morgan fingerprint density at radius 3 is 1.81 bits per heavy atom. The lowest BCUT2D eigenvalue weighted by Gasteiger charge is -2.23. The Bertz CT molecular complexity index is 2730. The van der Waals surface area contributed by atoms with Gasteiger partial charge in [0, 0.05) is 21.9 Å². The highest BCUT2D eigenvalue weighted by Crippen LogP contribution is 2.52. The maximum Gasteiger partial charge on any atom is 0.0547 e. The van der Waals surface area contributed by atoms with Crippen molar-refractivity contribution in [3.63, 3.8) is 0 Å². The fraction of sp³-hybridized carbons (Fsp3) is 0.0638. The summed E-state index contributed by atoms with van der Waals surface area (Å²) in [6, 6.07) is 60.6. The monoisotopic (exact) mass is 611 g/mol. The minimum Gasteiger partial charge on any atom is -0.309 e. The Morgan fingerprint density at radius 1 is 0.375 bits per heavy atom. The van der Waals surface area contributed by atoms with E-state index in [1.165, 1.54) is 93.5 Å². The van der Waals surface area contributed by atoms with Crippen molar-refractivity contribution in [1.82, 2.24) is 4.57 Å². The summed E-state index contributed by atoms with van der Waals surface area (Å²) in [5.74, 6) is 0. The Kier molecular flexibility index (Phi) is 5.69.